The number of carbonyl (C=O) groups is 2. The van der Waals surface area contributed by atoms with E-state index in [1.807, 2.05) is 24.3 Å². The van der Waals surface area contributed by atoms with Gasteiger partial charge in [-0.3, -0.25) is 9.59 Å². The van der Waals surface area contributed by atoms with Gasteiger partial charge in [0.1, 0.15) is 0 Å². The highest BCUT2D eigenvalue weighted by atomic mass is 32.2. The molecule has 2 atom stereocenters. The highest BCUT2D eigenvalue weighted by Gasteiger charge is 2.28. The third kappa shape index (κ3) is 5.22. The van der Waals surface area contributed by atoms with E-state index in [0.717, 1.165) is 29.5 Å². The second kappa shape index (κ2) is 8.72. The molecule has 136 valence electrons. The summed E-state index contributed by atoms with van der Waals surface area (Å²) in [5, 5.41) is 5.50. The number of nitrogens with one attached hydrogen (secondary N) is 2. The van der Waals surface area contributed by atoms with Gasteiger partial charge < -0.3 is 15.5 Å². The summed E-state index contributed by atoms with van der Waals surface area (Å²) in [6.45, 7) is 6.37. The number of carbonyl (C=O) groups excluding carboxylic acids is 2. The lowest BCUT2D eigenvalue weighted by Crippen LogP contribution is -2.38. The number of anilines is 1. The molecular weight excluding hydrogens is 334 g/mol. The number of nitrogens with zero attached hydrogens (tertiary/aromatic N) is 1. The lowest BCUT2D eigenvalue weighted by atomic mass is 10.0. The van der Waals surface area contributed by atoms with Crippen LogP contribution in [0, 0.1) is 5.92 Å². The third-order valence-corrected chi connectivity index (χ3v) is 6.07. The molecule has 2 heterocycles. The lowest BCUT2D eigenvalue weighted by Gasteiger charge is -2.30. The zero-order valence-electron chi connectivity index (χ0n) is 14.8. The fraction of sp³-hybridized carbons (Fsp3) is 0.579. The molecule has 0 saturated carbocycles. The minimum atomic E-state index is -0.349. The van der Waals surface area contributed by atoms with E-state index in [1.54, 1.807) is 0 Å². The minimum Gasteiger partial charge on any atom is -0.356 e. The molecule has 6 heteroatoms. The van der Waals surface area contributed by atoms with Crippen LogP contribution in [0.3, 0.4) is 0 Å². The van der Waals surface area contributed by atoms with Gasteiger partial charge in [0, 0.05) is 24.4 Å². The van der Waals surface area contributed by atoms with Gasteiger partial charge in [-0.15, -0.1) is 11.8 Å². The number of hydrogen-bond donors (Lipinski definition) is 2. The van der Waals surface area contributed by atoms with Crippen LogP contribution in [0.25, 0.3) is 0 Å². The van der Waals surface area contributed by atoms with E-state index in [2.05, 4.69) is 22.5 Å². The Morgan fingerprint density at radius 1 is 1.40 bits per heavy atom. The first kappa shape index (κ1) is 18.3. The van der Waals surface area contributed by atoms with Gasteiger partial charge >= 0.3 is 0 Å². The van der Waals surface area contributed by atoms with Crippen LogP contribution in [0.1, 0.15) is 32.6 Å². The summed E-state index contributed by atoms with van der Waals surface area (Å²) >= 11 is 1.47. The number of thioether (sulfide) groups is 1. The van der Waals surface area contributed by atoms with Crippen molar-refractivity contribution in [2.24, 2.45) is 5.92 Å². The van der Waals surface area contributed by atoms with Crippen LogP contribution in [0.2, 0.25) is 0 Å². The second-order valence-corrected chi connectivity index (χ2v) is 8.29. The SMILES string of the molecule is CC1CCCN(CCCNC(=O)CC2Sc3ccccc3NC2=O)C1. The Kier molecular flexibility index (Phi) is 6.37. The van der Waals surface area contributed by atoms with Crippen molar-refractivity contribution in [2.45, 2.75) is 42.8 Å². The summed E-state index contributed by atoms with van der Waals surface area (Å²) in [5.74, 6) is 0.660. The highest BCUT2D eigenvalue weighted by Crippen LogP contribution is 2.36. The monoisotopic (exact) mass is 361 g/mol. The largest absolute Gasteiger partial charge is 0.356 e. The molecule has 1 aromatic rings. The van der Waals surface area contributed by atoms with Crippen LogP contribution in [0.4, 0.5) is 5.69 Å². The number of benzene rings is 1. The fourth-order valence-electron chi connectivity index (χ4n) is 3.49. The van der Waals surface area contributed by atoms with Crippen LogP contribution in [-0.4, -0.2) is 48.1 Å². The van der Waals surface area contributed by atoms with Crippen LogP contribution in [0.5, 0.6) is 0 Å². The van der Waals surface area contributed by atoms with Crippen molar-refractivity contribution >= 4 is 29.3 Å². The maximum absolute atomic E-state index is 12.2. The van der Waals surface area contributed by atoms with E-state index in [4.69, 9.17) is 0 Å². The molecule has 2 aliphatic heterocycles. The quantitative estimate of drug-likeness (QED) is 0.765. The molecule has 1 aromatic carbocycles. The van der Waals surface area contributed by atoms with Crippen molar-refractivity contribution in [3.8, 4) is 0 Å². The first-order valence-electron chi connectivity index (χ1n) is 9.17. The van der Waals surface area contributed by atoms with E-state index in [-0.39, 0.29) is 23.5 Å². The normalized spacial score (nSPS) is 23.6. The predicted octanol–water partition coefficient (Wildman–Crippen LogP) is 2.73. The Morgan fingerprint density at radius 2 is 2.24 bits per heavy atom. The van der Waals surface area contributed by atoms with Gasteiger partial charge in [0.2, 0.25) is 11.8 Å². The maximum atomic E-state index is 12.2. The van der Waals surface area contributed by atoms with Gasteiger partial charge in [-0.25, -0.2) is 0 Å². The van der Waals surface area contributed by atoms with Crippen LogP contribution >= 0.6 is 11.8 Å². The van der Waals surface area contributed by atoms with Gasteiger partial charge in [0.05, 0.1) is 10.9 Å². The van der Waals surface area contributed by atoms with E-state index < -0.39 is 0 Å². The molecule has 0 aromatic heterocycles. The van der Waals surface area contributed by atoms with Gasteiger partial charge in [-0.1, -0.05) is 19.1 Å². The topological polar surface area (TPSA) is 61.4 Å². The molecule has 2 aliphatic rings. The smallest absolute Gasteiger partial charge is 0.238 e. The molecule has 0 radical (unpaired) electrons. The number of amides is 2. The summed E-state index contributed by atoms with van der Waals surface area (Å²) in [5.41, 5.74) is 0.838. The Labute approximate surface area is 153 Å². The van der Waals surface area contributed by atoms with Gasteiger partial charge in [0.15, 0.2) is 0 Å². The maximum Gasteiger partial charge on any atom is 0.238 e. The molecule has 0 aliphatic carbocycles. The van der Waals surface area contributed by atoms with E-state index >= 15 is 0 Å². The van der Waals surface area contributed by atoms with Crippen LogP contribution < -0.4 is 10.6 Å². The summed E-state index contributed by atoms with van der Waals surface area (Å²) in [4.78, 5) is 27.8. The molecule has 25 heavy (non-hydrogen) atoms. The summed E-state index contributed by atoms with van der Waals surface area (Å²) in [7, 11) is 0. The molecule has 1 fully saturated rings. The summed E-state index contributed by atoms with van der Waals surface area (Å²) in [6.07, 6.45) is 3.80. The third-order valence-electron chi connectivity index (χ3n) is 4.79. The zero-order chi connectivity index (χ0) is 17.6. The molecule has 2 amide bonds. The number of likely N-dealkylation sites (tertiary alicyclic amines) is 1. The Balaban J connectivity index is 1.37. The molecule has 2 unspecified atom stereocenters. The van der Waals surface area contributed by atoms with Crippen molar-refractivity contribution in [3.05, 3.63) is 24.3 Å². The van der Waals surface area contributed by atoms with Crippen molar-refractivity contribution in [1.29, 1.82) is 0 Å². The zero-order valence-corrected chi connectivity index (χ0v) is 15.6. The molecular formula is C19H27N3O2S. The Bertz CT molecular complexity index is 622. The van der Waals surface area contributed by atoms with Gasteiger partial charge in [0.25, 0.3) is 0 Å². The number of hydrogen-bond acceptors (Lipinski definition) is 4. The fourth-order valence-corrected chi connectivity index (χ4v) is 4.60. The van der Waals surface area contributed by atoms with Crippen LogP contribution in [0.15, 0.2) is 29.2 Å². The Morgan fingerprint density at radius 3 is 3.08 bits per heavy atom. The predicted molar refractivity (Wildman–Crippen MR) is 102 cm³/mol. The van der Waals surface area contributed by atoms with Crippen molar-refractivity contribution in [1.82, 2.24) is 10.2 Å². The van der Waals surface area contributed by atoms with E-state index in [9.17, 15) is 9.59 Å². The van der Waals surface area contributed by atoms with Crippen LogP contribution in [-0.2, 0) is 9.59 Å². The average molecular weight is 362 g/mol. The van der Waals surface area contributed by atoms with E-state index in [0.29, 0.717) is 6.54 Å². The Hall–Kier alpha value is -1.53. The molecule has 1 saturated heterocycles. The van der Waals surface area contributed by atoms with Crippen molar-refractivity contribution < 1.29 is 9.59 Å². The highest BCUT2D eigenvalue weighted by molar-refractivity contribution is 8.01. The number of fused-ring (bicyclic) bond motifs is 1. The summed E-state index contributed by atoms with van der Waals surface area (Å²) < 4.78 is 0. The first-order valence-corrected chi connectivity index (χ1v) is 10.1. The van der Waals surface area contributed by atoms with E-state index in [1.165, 1.54) is 37.7 Å². The van der Waals surface area contributed by atoms with Crippen molar-refractivity contribution in [2.75, 3.05) is 31.5 Å². The van der Waals surface area contributed by atoms with Gasteiger partial charge in [-0.2, -0.15) is 0 Å². The van der Waals surface area contributed by atoms with Gasteiger partial charge in [-0.05, 0) is 50.4 Å². The average Bonchev–Trinajstić information content (AvgIpc) is 2.59. The number of piperidine rings is 1. The molecule has 5 nitrogen and oxygen atoms in total. The second-order valence-electron chi connectivity index (χ2n) is 7.05. The summed E-state index contributed by atoms with van der Waals surface area (Å²) in [6, 6.07) is 7.71. The molecule has 0 bridgehead atoms. The lowest BCUT2D eigenvalue weighted by molar-refractivity contribution is -0.124. The standard InChI is InChI=1S/C19H27N3O2S/c1-14-6-4-10-22(13-14)11-5-9-20-18(23)12-17-19(24)21-15-7-2-3-8-16(15)25-17/h2-3,7-8,14,17H,4-6,9-13H2,1H3,(H,20,23)(H,21,24). The molecule has 3 rings (SSSR count). The molecule has 0 spiro atoms. The van der Waals surface area contributed by atoms with Crippen molar-refractivity contribution in [3.63, 3.8) is 0 Å². The first-order chi connectivity index (χ1) is 12.1. The minimum absolute atomic E-state index is 0.0426. The number of para-hydroxylation sites is 1. The molecule has 2 N–H and O–H groups in total. The number of rotatable bonds is 6.